The monoisotopic (exact) mass is 254 g/mol. The molecule has 2 aromatic heterocycles. The molecule has 2 heterocycles. The standard InChI is InChI=1S/C15H14N2S/c1-11-15(13-8-5-9-18-13)17-14(16-11)10-12-6-3-2-4-7-12/h2-9H,10H2,1H3,(H,16,17). The minimum Gasteiger partial charge on any atom is -0.345 e. The van der Waals surface area contributed by atoms with E-state index in [2.05, 4.69) is 53.7 Å². The van der Waals surface area contributed by atoms with Crippen LogP contribution in [0.1, 0.15) is 17.1 Å². The molecule has 0 aliphatic carbocycles. The molecule has 90 valence electrons. The first-order valence-electron chi connectivity index (χ1n) is 5.96. The van der Waals surface area contributed by atoms with E-state index in [0.29, 0.717) is 0 Å². The Kier molecular flexibility index (Phi) is 2.99. The largest absolute Gasteiger partial charge is 0.345 e. The van der Waals surface area contributed by atoms with Crippen LogP contribution >= 0.6 is 11.3 Å². The fourth-order valence-electron chi connectivity index (χ4n) is 2.05. The second-order valence-corrected chi connectivity index (χ2v) is 5.24. The molecule has 1 N–H and O–H groups in total. The van der Waals surface area contributed by atoms with Gasteiger partial charge in [-0.3, -0.25) is 0 Å². The number of aromatic nitrogens is 2. The number of aryl methyl sites for hydroxylation is 1. The van der Waals surface area contributed by atoms with Crippen LogP contribution in [0.5, 0.6) is 0 Å². The third-order valence-electron chi connectivity index (χ3n) is 2.90. The molecule has 0 fully saturated rings. The molecule has 0 unspecified atom stereocenters. The van der Waals surface area contributed by atoms with Gasteiger partial charge in [0, 0.05) is 12.1 Å². The van der Waals surface area contributed by atoms with E-state index in [9.17, 15) is 0 Å². The van der Waals surface area contributed by atoms with Crippen molar-refractivity contribution in [3.05, 3.63) is 64.9 Å². The summed E-state index contributed by atoms with van der Waals surface area (Å²) in [6.45, 7) is 2.08. The molecule has 18 heavy (non-hydrogen) atoms. The molecule has 0 saturated carbocycles. The van der Waals surface area contributed by atoms with E-state index in [1.807, 2.05) is 6.07 Å². The smallest absolute Gasteiger partial charge is 0.111 e. The zero-order valence-corrected chi connectivity index (χ0v) is 11.0. The Morgan fingerprint density at radius 1 is 1.11 bits per heavy atom. The number of imidazole rings is 1. The van der Waals surface area contributed by atoms with E-state index in [1.165, 1.54) is 10.4 Å². The van der Waals surface area contributed by atoms with Gasteiger partial charge in [0.05, 0.1) is 4.88 Å². The van der Waals surface area contributed by atoms with E-state index in [4.69, 9.17) is 4.98 Å². The Morgan fingerprint density at radius 2 is 1.94 bits per heavy atom. The minimum atomic E-state index is 0.854. The predicted octanol–water partition coefficient (Wildman–Crippen LogP) is 4.04. The number of hydrogen-bond acceptors (Lipinski definition) is 2. The number of benzene rings is 1. The Bertz CT molecular complexity index is 624. The van der Waals surface area contributed by atoms with Crippen molar-refractivity contribution in [2.75, 3.05) is 0 Å². The molecule has 0 atom stereocenters. The van der Waals surface area contributed by atoms with Gasteiger partial charge >= 0.3 is 0 Å². The van der Waals surface area contributed by atoms with Crippen LogP contribution in [0.15, 0.2) is 47.8 Å². The highest BCUT2D eigenvalue weighted by Crippen LogP contribution is 2.26. The SMILES string of the molecule is Cc1[nH]c(Cc2ccccc2)nc1-c1cccs1. The van der Waals surface area contributed by atoms with Crippen LogP contribution in [0.2, 0.25) is 0 Å². The Morgan fingerprint density at radius 3 is 2.67 bits per heavy atom. The van der Waals surface area contributed by atoms with Gasteiger partial charge in [-0.2, -0.15) is 0 Å². The van der Waals surface area contributed by atoms with Crippen LogP contribution in [0, 0.1) is 6.92 Å². The van der Waals surface area contributed by atoms with Gasteiger partial charge in [-0.25, -0.2) is 4.98 Å². The van der Waals surface area contributed by atoms with Gasteiger partial charge in [0.2, 0.25) is 0 Å². The van der Waals surface area contributed by atoms with Crippen molar-refractivity contribution in [2.45, 2.75) is 13.3 Å². The first-order valence-corrected chi connectivity index (χ1v) is 6.84. The second-order valence-electron chi connectivity index (χ2n) is 4.30. The molecule has 3 heteroatoms. The Balaban J connectivity index is 1.89. The van der Waals surface area contributed by atoms with Crippen LogP contribution in [0.3, 0.4) is 0 Å². The highest BCUT2D eigenvalue weighted by atomic mass is 32.1. The van der Waals surface area contributed by atoms with Crippen molar-refractivity contribution in [1.82, 2.24) is 9.97 Å². The molecule has 0 saturated heterocycles. The first kappa shape index (κ1) is 11.2. The first-order chi connectivity index (χ1) is 8.83. The summed E-state index contributed by atoms with van der Waals surface area (Å²) in [6, 6.07) is 14.6. The number of hydrogen-bond donors (Lipinski definition) is 1. The average molecular weight is 254 g/mol. The zero-order valence-electron chi connectivity index (χ0n) is 10.2. The van der Waals surface area contributed by atoms with Crippen molar-refractivity contribution in [3.8, 4) is 10.6 Å². The highest BCUT2D eigenvalue weighted by Gasteiger charge is 2.09. The summed E-state index contributed by atoms with van der Waals surface area (Å²) in [5.74, 6) is 1.03. The molecular weight excluding hydrogens is 240 g/mol. The summed E-state index contributed by atoms with van der Waals surface area (Å²) < 4.78 is 0. The van der Waals surface area contributed by atoms with Gasteiger partial charge in [-0.15, -0.1) is 11.3 Å². The summed E-state index contributed by atoms with van der Waals surface area (Å²) in [5.41, 5.74) is 3.50. The van der Waals surface area contributed by atoms with E-state index in [-0.39, 0.29) is 0 Å². The number of rotatable bonds is 3. The lowest BCUT2D eigenvalue weighted by Crippen LogP contribution is -1.90. The lowest BCUT2D eigenvalue weighted by Gasteiger charge is -1.96. The summed E-state index contributed by atoms with van der Waals surface area (Å²) in [4.78, 5) is 9.30. The minimum absolute atomic E-state index is 0.854. The molecule has 3 aromatic rings. The van der Waals surface area contributed by atoms with Gasteiger partial charge in [-0.05, 0) is 23.9 Å². The van der Waals surface area contributed by atoms with Crippen LogP contribution in [0.4, 0.5) is 0 Å². The average Bonchev–Trinajstić information content (AvgIpc) is 3.00. The Labute approximate surface area is 110 Å². The number of H-pyrrole nitrogens is 1. The zero-order chi connectivity index (χ0) is 12.4. The number of thiophene rings is 1. The highest BCUT2D eigenvalue weighted by molar-refractivity contribution is 7.13. The normalized spacial score (nSPS) is 10.7. The molecule has 0 aliphatic heterocycles. The van der Waals surface area contributed by atoms with E-state index >= 15 is 0 Å². The van der Waals surface area contributed by atoms with E-state index < -0.39 is 0 Å². The van der Waals surface area contributed by atoms with Crippen LogP contribution < -0.4 is 0 Å². The van der Waals surface area contributed by atoms with E-state index in [0.717, 1.165) is 23.6 Å². The third-order valence-corrected chi connectivity index (χ3v) is 3.78. The van der Waals surface area contributed by atoms with Crippen molar-refractivity contribution in [2.24, 2.45) is 0 Å². The van der Waals surface area contributed by atoms with Crippen molar-refractivity contribution in [3.63, 3.8) is 0 Å². The predicted molar refractivity (Wildman–Crippen MR) is 75.9 cm³/mol. The van der Waals surface area contributed by atoms with Crippen molar-refractivity contribution in [1.29, 1.82) is 0 Å². The summed E-state index contributed by atoms with van der Waals surface area (Å²) >= 11 is 1.73. The van der Waals surface area contributed by atoms with Gasteiger partial charge in [0.1, 0.15) is 11.5 Å². The van der Waals surface area contributed by atoms with E-state index in [1.54, 1.807) is 11.3 Å². The number of nitrogens with one attached hydrogen (secondary N) is 1. The fourth-order valence-corrected chi connectivity index (χ4v) is 2.82. The number of aromatic amines is 1. The molecule has 1 aromatic carbocycles. The summed E-state index contributed by atoms with van der Waals surface area (Å²) in [7, 11) is 0. The maximum absolute atomic E-state index is 4.70. The van der Waals surface area contributed by atoms with Gasteiger partial charge in [-0.1, -0.05) is 36.4 Å². The molecule has 0 radical (unpaired) electrons. The summed E-state index contributed by atoms with van der Waals surface area (Å²) in [6.07, 6.45) is 0.854. The molecule has 3 rings (SSSR count). The molecule has 0 amide bonds. The van der Waals surface area contributed by atoms with Crippen LogP contribution in [-0.2, 0) is 6.42 Å². The van der Waals surface area contributed by atoms with Gasteiger partial charge in [0.25, 0.3) is 0 Å². The lowest BCUT2D eigenvalue weighted by molar-refractivity contribution is 1.02. The quantitative estimate of drug-likeness (QED) is 0.751. The summed E-state index contributed by atoms with van der Waals surface area (Å²) in [5, 5.41) is 2.08. The fraction of sp³-hybridized carbons (Fsp3) is 0.133. The third kappa shape index (κ3) is 2.22. The maximum Gasteiger partial charge on any atom is 0.111 e. The molecule has 0 bridgehead atoms. The van der Waals surface area contributed by atoms with Crippen LogP contribution in [0.25, 0.3) is 10.6 Å². The molecule has 0 aliphatic rings. The molecule has 0 spiro atoms. The van der Waals surface area contributed by atoms with Crippen molar-refractivity contribution < 1.29 is 0 Å². The topological polar surface area (TPSA) is 28.7 Å². The van der Waals surface area contributed by atoms with Crippen LogP contribution in [-0.4, -0.2) is 9.97 Å². The number of nitrogens with zero attached hydrogens (tertiary/aromatic N) is 1. The molecule has 2 nitrogen and oxygen atoms in total. The van der Waals surface area contributed by atoms with Gasteiger partial charge in [0.15, 0.2) is 0 Å². The Hall–Kier alpha value is -1.87. The van der Waals surface area contributed by atoms with Gasteiger partial charge < -0.3 is 4.98 Å². The lowest BCUT2D eigenvalue weighted by atomic mass is 10.1. The van der Waals surface area contributed by atoms with Crippen molar-refractivity contribution >= 4 is 11.3 Å². The maximum atomic E-state index is 4.70. The second kappa shape index (κ2) is 4.78. The molecular formula is C15H14N2S.